The Labute approximate surface area is 153 Å². The van der Waals surface area contributed by atoms with Gasteiger partial charge in [-0.25, -0.2) is 0 Å². The van der Waals surface area contributed by atoms with E-state index < -0.39 is 0 Å². The second-order valence-corrected chi connectivity index (χ2v) is 7.17. The second kappa shape index (κ2) is 6.27. The van der Waals surface area contributed by atoms with Gasteiger partial charge >= 0.3 is 0 Å². The molecule has 0 aliphatic carbocycles. The summed E-state index contributed by atoms with van der Waals surface area (Å²) in [6.07, 6.45) is 1.71. The third-order valence-electron chi connectivity index (χ3n) is 5.69. The van der Waals surface area contributed by atoms with Gasteiger partial charge in [-0.3, -0.25) is 14.3 Å². The molecular weight excluding hydrogens is 328 g/mol. The molecule has 2 aromatic rings. The molecule has 2 aliphatic heterocycles. The van der Waals surface area contributed by atoms with Crippen LogP contribution in [0.5, 0.6) is 0 Å². The molecule has 0 unspecified atom stereocenters. The van der Waals surface area contributed by atoms with E-state index in [1.807, 2.05) is 59.6 Å². The van der Waals surface area contributed by atoms with Gasteiger partial charge in [-0.2, -0.15) is 5.10 Å². The van der Waals surface area contributed by atoms with Gasteiger partial charge in [-0.1, -0.05) is 18.2 Å². The average molecular weight is 352 g/mol. The number of fused-ring (bicyclic) bond motifs is 3. The van der Waals surface area contributed by atoms with Crippen molar-refractivity contribution in [1.29, 1.82) is 0 Å². The van der Waals surface area contributed by atoms with E-state index in [-0.39, 0.29) is 18.0 Å². The lowest BCUT2D eigenvalue weighted by molar-refractivity contribution is -0.139. The van der Waals surface area contributed by atoms with Crippen molar-refractivity contribution in [1.82, 2.24) is 19.6 Å². The zero-order chi connectivity index (χ0) is 18.4. The van der Waals surface area contributed by atoms with E-state index in [1.165, 1.54) is 0 Å². The van der Waals surface area contributed by atoms with Gasteiger partial charge < -0.3 is 9.80 Å². The van der Waals surface area contributed by atoms with Crippen molar-refractivity contribution in [2.75, 3.05) is 13.1 Å². The van der Waals surface area contributed by atoms with Crippen molar-refractivity contribution >= 4 is 11.8 Å². The molecule has 1 atom stereocenters. The molecule has 1 aromatic carbocycles. The molecule has 6 nitrogen and oxygen atoms in total. The molecule has 6 heteroatoms. The van der Waals surface area contributed by atoms with Crippen molar-refractivity contribution in [3.05, 3.63) is 52.3 Å². The Morgan fingerprint density at radius 2 is 2.00 bits per heavy atom. The number of hydrogen-bond acceptors (Lipinski definition) is 3. The summed E-state index contributed by atoms with van der Waals surface area (Å²) in [6.45, 7) is 5.44. The number of aryl methyl sites for hydroxylation is 2. The minimum Gasteiger partial charge on any atom is -0.318 e. The van der Waals surface area contributed by atoms with Gasteiger partial charge in [0, 0.05) is 43.4 Å². The highest BCUT2D eigenvalue weighted by atomic mass is 16.2. The number of rotatable bonds is 3. The van der Waals surface area contributed by atoms with Gasteiger partial charge in [0.25, 0.3) is 5.91 Å². The Hall–Kier alpha value is -2.63. The molecule has 2 amide bonds. The molecule has 0 N–H and O–H groups in total. The maximum Gasteiger partial charge on any atom is 0.256 e. The molecule has 3 heterocycles. The summed E-state index contributed by atoms with van der Waals surface area (Å²) in [5, 5.41) is 4.43. The number of carbonyl (C=O) groups excluding carboxylic acids is 2. The molecule has 4 rings (SSSR count). The Balaban J connectivity index is 1.55. The first-order valence-electron chi connectivity index (χ1n) is 9.17. The van der Waals surface area contributed by atoms with E-state index in [0.717, 1.165) is 34.5 Å². The van der Waals surface area contributed by atoms with Gasteiger partial charge in [-0.05, 0) is 38.3 Å². The standard InChI is InChI=1S/C20H24N4O2/c1-13-15(14(2)22(3)21-13)9-10-18(25)23-11-6-12-24-19(23)16-7-4-5-8-17(16)20(24)26/h4-5,7-8,19H,6,9-12H2,1-3H3/t19-/m1/s1. The summed E-state index contributed by atoms with van der Waals surface area (Å²) < 4.78 is 1.86. The fourth-order valence-electron chi connectivity index (χ4n) is 4.26. The Kier molecular flexibility index (Phi) is 4.05. The minimum atomic E-state index is -0.240. The van der Waals surface area contributed by atoms with Crippen molar-refractivity contribution in [3.63, 3.8) is 0 Å². The number of carbonyl (C=O) groups is 2. The van der Waals surface area contributed by atoms with Crippen LogP contribution < -0.4 is 0 Å². The van der Waals surface area contributed by atoms with Gasteiger partial charge in [0.15, 0.2) is 0 Å². The third-order valence-corrected chi connectivity index (χ3v) is 5.69. The summed E-state index contributed by atoms with van der Waals surface area (Å²) >= 11 is 0. The first-order chi connectivity index (χ1) is 12.5. The lowest BCUT2D eigenvalue weighted by atomic mass is 10.0. The molecule has 1 saturated heterocycles. The lowest BCUT2D eigenvalue weighted by Crippen LogP contribution is -2.48. The number of benzene rings is 1. The Morgan fingerprint density at radius 3 is 2.73 bits per heavy atom. The molecule has 136 valence electrons. The maximum atomic E-state index is 13.0. The van der Waals surface area contributed by atoms with Crippen molar-refractivity contribution in [3.8, 4) is 0 Å². The monoisotopic (exact) mass is 352 g/mol. The SMILES string of the molecule is Cc1nn(C)c(C)c1CCC(=O)N1CCCN2C(=O)c3ccccc3[C@H]12. The van der Waals surface area contributed by atoms with Crippen molar-refractivity contribution < 1.29 is 9.59 Å². The van der Waals surface area contributed by atoms with E-state index in [9.17, 15) is 9.59 Å². The highest BCUT2D eigenvalue weighted by molar-refractivity contribution is 5.99. The molecule has 1 fully saturated rings. The van der Waals surface area contributed by atoms with Crippen molar-refractivity contribution in [2.45, 2.75) is 39.3 Å². The van der Waals surface area contributed by atoms with Crippen LogP contribution in [0.4, 0.5) is 0 Å². The number of aromatic nitrogens is 2. The molecule has 26 heavy (non-hydrogen) atoms. The molecule has 0 spiro atoms. The predicted octanol–water partition coefficient (Wildman–Crippen LogP) is 2.36. The summed E-state index contributed by atoms with van der Waals surface area (Å²) in [6, 6.07) is 7.66. The maximum absolute atomic E-state index is 13.0. The molecule has 0 radical (unpaired) electrons. The summed E-state index contributed by atoms with van der Waals surface area (Å²) in [5.41, 5.74) is 4.93. The van der Waals surface area contributed by atoms with Gasteiger partial charge in [0.1, 0.15) is 6.17 Å². The average Bonchev–Trinajstić information content (AvgIpc) is 3.07. The van der Waals surface area contributed by atoms with Crippen LogP contribution in [0.25, 0.3) is 0 Å². The van der Waals surface area contributed by atoms with E-state index in [2.05, 4.69) is 5.10 Å². The smallest absolute Gasteiger partial charge is 0.256 e. The van der Waals surface area contributed by atoms with Crippen LogP contribution in [0.1, 0.15) is 51.9 Å². The first kappa shape index (κ1) is 16.8. The normalized spacial score (nSPS) is 18.9. The fourth-order valence-corrected chi connectivity index (χ4v) is 4.26. The van der Waals surface area contributed by atoms with E-state index in [4.69, 9.17) is 0 Å². The Morgan fingerprint density at radius 1 is 1.23 bits per heavy atom. The third kappa shape index (κ3) is 2.52. The van der Waals surface area contributed by atoms with Crippen molar-refractivity contribution in [2.24, 2.45) is 7.05 Å². The van der Waals surface area contributed by atoms with Crippen LogP contribution in [0.15, 0.2) is 24.3 Å². The van der Waals surface area contributed by atoms with Crippen LogP contribution in [0.2, 0.25) is 0 Å². The molecule has 1 aromatic heterocycles. The van der Waals surface area contributed by atoms with Crippen LogP contribution in [0, 0.1) is 13.8 Å². The van der Waals surface area contributed by atoms with E-state index in [1.54, 1.807) is 0 Å². The topological polar surface area (TPSA) is 58.4 Å². The molecule has 2 aliphatic rings. The highest BCUT2D eigenvalue weighted by Crippen LogP contribution is 2.38. The molecular formula is C20H24N4O2. The van der Waals surface area contributed by atoms with E-state index >= 15 is 0 Å². The van der Waals surface area contributed by atoms with Crippen LogP contribution >= 0.6 is 0 Å². The minimum absolute atomic E-state index is 0.0436. The predicted molar refractivity (Wildman–Crippen MR) is 97.6 cm³/mol. The van der Waals surface area contributed by atoms with Crippen LogP contribution in [-0.4, -0.2) is 44.5 Å². The van der Waals surface area contributed by atoms with Gasteiger partial charge in [0.2, 0.25) is 5.91 Å². The zero-order valence-corrected chi connectivity index (χ0v) is 15.5. The number of hydrogen-bond donors (Lipinski definition) is 0. The van der Waals surface area contributed by atoms with Gasteiger partial charge in [-0.15, -0.1) is 0 Å². The largest absolute Gasteiger partial charge is 0.318 e. The van der Waals surface area contributed by atoms with Gasteiger partial charge in [0.05, 0.1) is 5.69 Å². The second-order valence-electron chi connectivity index (χ2n) is 7.17. The fraction of sp³-hybridized carbons (Fsp3) is 0.450. The van der Waals surface area contributed by atoms with Crippen LogP contribution in [0.3, 0.4) is 0 Å². The highest BCUT2D eigenvalue weighted by Gasteiger charge is 2.43. The Bertz CT molecular complexity index is 886. The summed E-state index contributed by atoms with van der Waals surface area (Å²) in [4.78, 5) is 29.4. The van der Waals surface area contributed by atoms with Crippen LogP contribution in [-0.2, 0) is 18.3 Å². The zero-order valence-electron chi connectivity index (χ0n) is 15.5. The summed E-state index contributed by atoms with van der Waals surface area (Å²) in [7, 11) is 1.93. The first-order valence-corrected chi connectivity index (χ1v) is 9.17. The lowest BCUT2D eigenvalue weighted by Gasteiger charge is -2.40. The summed E-state index contributed by atoms with van der Waals surface area (Å²) in [5.74, 6) is 0.147. The molecule has 0 saturated carbocycles. The number of nitrogens with zero attached hydrogens (tertiary/aromatic N) is 4. The quantitative estimate of drug-likeness (QED) is 0.852. The van der Waals surface area contributed by atoms with E-state index in [0.29, 0.717) is 25.9 Å². The molecule has 0 bridgehead atoms. The number of amides is 2.